The van der Waals surface area contributed by atoms with E-state index in [1.165, 1.54) is 15.6 Å². The Morgan fingerprint density at radius 1 is 1.50 bits per heavy atom. The molecule has 0 aromatic heterocycles. The summed E-state index contributed by atoms with van der Waals surface area (Å²) in [5, 5.41) is 0. The van der Waals surface area contributed by atoms with E-state index in [9.17, 15) is 0 Å². The molecule has 0 aromatic rings. The van der Waals surface area contributed by atoms with Gasteiger partial charge in [0.25, 0.3) is 0 Å². The molecule has 0 aromatic carbocycles. The molecule has 10 heavy (non-hydrogen) atoms. The van der Waals surface area contributed by atoms with Crippen molar-refractivity contribution >= 4 is 22.6 Å². The Balaban J connectivity index is 2.87. The predicted octanol–water partition coefficient (Wildman–Crippen LogP) is 3.68. The lowest BCUT2D eigenvalue weighted by molar-refractivity contribution is 0.480. The molecule has 1 heteroatoms. The largest absolute Gasteiger partial charge is 0.0746 e. The van der Waals surface area contributed by atoms with E-state index >= 15 is 0 Å². The van der Waals surface area contributed by atoms with Gasteiger partial charge in [0.1, 0.15) is 0 Å². The Morgan fingerprint density at radius 2 is 2.10 bits per heavy atom. The average Bonchev–Trinajstić information content (AvgIpc) is 1.79. The second kappa shape index (κ2) is 2.68. The van der Waals surface area contributed by atoms with Crippen LogP contribution in [0.25, 0.3) is 0 Å². The summed E-state index contributed by atoms with van der Waals surface area (Å²) in [7, 11) is 0. The van der Waals surface area contributed by atoms with Crippen LogP contribution in [0.15, 0.2) is 21.3 Å². The molecule has 0 unspecified atom stereocenters. The molecule has 1 aliphatic rings. The summed E-state index contributed by atoms with van der Waals surface area (Å²) < 4.78 is 1.41. The SMILES string of the molecule is CC1=CC(C)(C)CC=C1I. The van der Waals surface area contributed by atoms with Crippen molar-refractivity contribution in [1.82, 2.24) is 0 Å². The van der Waals surface area contributed by atoms with Crippen molar-refractivity contribution in [3.05, 3.63) is 21.3 Å². The normalized spacial score (nSPS) is 23.6. The van der Waals surface area contributed by atoms with E-state index in [0.29, 0.717) is 5.41 Å². The van der Waals surface area contributed by atoms with Crippen molar-refractivity contribution in [1.29, 1.82) is 0 Å². The third kappa shape index (κ3) is 1.84. The van der Waals surface area contributed by atoms with Crippen LogP contribution in [-0.4, -0.2) is 0 Å². The first-order valence-electron chi connectivity index (χ1n) is 3.57. The van der Waals surface area contributed by atoms with Gasteiger partial charge in [0.15, 0.2) is 0 Å². The number of rotatable bonds is 0. The quantitative estimate of drug-likeness (QED) is 0.573. The molecule has 0 amide bonds. The van der Waals surface area contributed by atoms with E-state index in [-0.39, 0.29) is 0 Å². The van der Waals surface area contributed by atoms with Gasteiger partial charge in [-0.25, -0.2) is 0 Å². The molecular weight excluding hydrogens is 235 g/mol. The predicted molar refractivity (Wildman–Crippen MR) is 54.3 cm³/mol. The van der Waals surface area contributed by atoms with E-state index in [4.69, 9.17) is 0 Å². The van der Waals surface area contributed by atoms with Gasteiger partial charge in [-0.1, -0.05) is 26.0 Å². The molecule has 0 aliphatic heterocycles. The van der Waals surface area contributed by atoms with Crippen LogP contribution in [0.4, 0.5) is 0 Å². The van der Waals surface area contributed by atoms with Gasteiger partial charge < -0.3 is 0 Å². The zero-order valence-corrected chi connectivity index (χ0v) is 8.90. The number of halogens is 1. The number of hydrogen-bond acceptors (Lipinski definition) is 0. The first kappa shape index (κ1) is 8.31. The first-order valence-corrected chi connectivity index (χ1v) is 4.65. The standard InChI is InChI=1S/C9H13I/c1-7-6-9(2,3)5-4-8(7)10/h4,6H,5H2,1-3H3. The first-order chi connectivity index (χ1) is 4.51. The van der Waals surface area contributed by atoms with Crippen LogP contribution in [0.5, 0.6) is 0 Å². The smallest absolute Gasteiger partial charge is 0.0117 e. The lowest BCUT2D eigenvalue weighted by atomic mass is 9.84. The Bertz CT molecular complexity index is 197. The summed E-state index contributed by atoms with van der Waals surface area (Å²) in [4.78, 5) is 0. The highest BCUT2D eigenvalue weighted by molar-refractivity contribution is 14.1. The Morgan fingerprint density at radius 3 is 2.50 bits per heavy atom. The summed E-state index contributed by atoms with van der Waals surface area (Å²) in [5.74, 6) is 0. The third-order valence-corrected chi connectivity index (χ3v) is 3.08. The van der Waals surface area contributed by atoms with Gasteiger partial charge >= 0.3 is 0 Å². The van der Waals surface area contributed by atoms with E-state index in [1.807, 2.05) is 0 Å². The van der Waals surface area contributed by atoms with Gasteiger partial charge in [-0.2, -0.15) is 0 Å². The van der Waals surface area contributed by atoms with Gasteiger partial charge in [-0.15, -0.1) is 0 Å². The van der Waals surface area contributed by atoms with Gasteiger partial charge in [0.05, 0.1) is 0 Å². The van der Waals surface area contributed by atoms with Gasteiger partial charge in [0, 0.05) is 3.58 Å². The molecule has 0 saturated heterocycles. The molecule has 0 nitrogen and oxygen atoms in total. The third-order valence-electron chi connectivity index (χ3n) is 1.79. The second-order valence-electron chi connectivity index (χ2n) is 3.57. The monoisotopic (exact) mass is 248 g/mol. The van der Waals surface area contributed by atoms with Gasteiger partial charge in [-0.05, 0) is 46.9 Å². The zero-order valence-electron chi connectivity index (χ0n) is 6.74. The van der Waals surface area contributed by atoms with Gasteiger partial charge in [0.2, 0.25) is 0 Å². The van der Waals surface area contributed by atoms with Crippen LogP contribution in [0, 0.1) is 5.41 Å². The van der Waals surface area contributed by atoms with E-state index in [0.717, 1.165) is 0 Å². The minimum absolute atomic E-state index is 0.388. The van der Waals surface area contributed by atoms with Crippen molar-refractivity contribution in [3.63, 3.8) is 0 Å². The molecule has 0 fully saturated rings. The fourth-order valence-corrected chi connectivity index (χ4v) is 1.60. The summed E-state index contributed by atoms with van der Waals surface area (Å²) in [5.41, 5.74) is 1.82. The highest BCUT2D eigenvalue weighted by Crippen LogP contribution is 2.34. The molecule has 0 radical (unpaired) electrons. The molecule has 56 valence electrons. The fraction of sp³-hybridized carbons (Fsp3) is 0.556. The van der Waals surface area contributed by atoms with E-state index in [1.54, 1.807) is 0 Å². The topological polar surface area (TPSA) is 0 Å². The van der Waals surface area contributed by atoms with Crippen LogP contribution in [0.3, 0.4) is 0 Å². The minimum Gasteiger partial charge on any atom is -0.0746 e. The number of hydrogen-bond donors (Lipinski definition) is 0. The molecular formula is C9H13I. The van der Waals surface area contributed by atoms with Crippen molar-refractivity contribution < 1.29 is 0 Å². The van der Waals surface area contributed by atoms with E-state index < -0.39 is 0 Å². The van der Waals surface area contributed by atoms with Crippen LogP contribution >= 0.6 is 22.6 Å². The molecule has 0 heterocycles. The summed E-state index contributed by atoms with van der Waals surface area (Å²) in [6.45, 7) is 6.73. The Labute approximate surface area is 76.5 Å². The molecule has 0 N–H and O–H groups in total. The van der Waals surface area contributed by atoms with Crippen molar-refractivity contribution in [2.24, 2.45) is 5.41 Å². The Hall–Kier alpha value is 0.210. The molecule has 0 atom stereocenters. The van der Waals surface area contributed by atoms with Crippen LogP contribution in [-0.2, 0) is 0 Å². The number of allylic oxidation sites excluding steroid dienone is 4. The van der Waals surface area contributed by atoms with Crippen LogP contribution in [0.1, 0.15) is 27.2 Å². The highest BCUT2D eigenvalue weighted by atomic mass is 127. The van der Waals surface area contributed by atoms with Crippen molar-refractivity contribution in [2.45, 2.75) is 27.2 Å². The molecule has 1 aliphatic carbocycles. The average molecular weight is 248 g/mol. The zero-order chi connectivity index (χ0) is 7.78. The van der Waals surface area contributed by atoms with E-state index in [2.05, 4.69) is 55.5 Å². The molecule has 1 rings (SSSR count). The maximum Gasteiger partial charge on any atom is 0.0117 e. The lowest BCUT2D eigenvalue weighted by Gasteiger charge is -2.23. The summed E-state index contributed by atoms with van der Waals surface area (Å²) in [6, 6.07) is 0. The summed E-state index contributed by atoms with van der Waals surface area (Å²) >= 11 is 2.39. The van der Waals surface area contributed by atoms with Crippen molar-refractivity contribution in [2.75, 3.05) is 0 Å². The maximum atomic E-state index is 2.39. The Kier molecular flexibility index (Phi) is 2.23. The highest BCUT2D eigenvalue weighted by Gasteiger charge is 2.17. The van der Waals surface area contributed by atoms with Crippen molar-refractivity contribution in [3.8, 4) is 0 Å². The van der Waals surface area contributed by atoms with Crippen LogP contribution in [0.2, 0.25) is 0 Å². The molecule has 0 spiro atoms. The maximum absolute atomic E-state index is 2.39. The fourth-order valence-electron chi connectivity index (χ4n) is 1.23. The molecule has 0 bridgehead atoms. The minimum atomic E-state index is 0.388. The van der Waals surface area contributed by atoms with Gasteiger partial charge in [-0.3, -0.25) is 0 Å². The molecule has 0 saturated carbocycles. The lowest BCUT2D eigenvalue weighted by Crippen LogP contribution is -2.09. The second-order valence-corrected chi connectivity index (χ2v) is 4.73. The van der Waals surface area contributed by atoms with Crippen LogP contribution < -0.4 is 0 Å². The summed E-state index contributed by atoms with van der Waals surface area (Å²) in [6.07, 6.45) is 5.85.